The average molecular weight is 612 g/mol. The molecule has 2 aliphatic rings. The van der Waals surface area contributed by atoms with Crippen molar-refractivity contribution < 1.29 is 14.4 Å². The zero-order valence-electron chi connectivity index (χ0n) is 26.9. The number of nitrogens with one attached hydrogen (secondary N) is 1. The van der Waals surface area contributed by atoms with E-state index in [0.29, 0.717) is 49.2 Å². The molecule has 2 atom stereocenters. The van der Waals surface area contributed by atoms with Gasteiger partial charge >= 0.3 is 6.17 Å². The predicted molar refractivity (Wildman–Crippen MR) is 168 cm³/mol. The van der Waals surface area contributed by atoms with E-state index >= 15 is 0 Å². The maximum absolute atomic E-state index is 13.2. The number of carbonyl (C=O) groups is 3. The highest BCUT2D eigenvalue weighted by Gasteiger charge is 2.46. The molecular formula is C33H41N9O3. The molecule has 2 heterocycles. The lowest BCUT2D eigenvalue weighted by molar-refractivity contribution is -0.130. The minimum atomic E-state index is -0.874. The van der Waals surface area contributed by atoms with E-state index in [1.54, 1.807) is 47.6 Å². The van der Waals surface area contributed by atoms with Crippen molar-refractivity contribution in [3.63, 3.8) is 0 Å². The van der Waals surface area contributed by atoms with Crippen LogP contribution in [0, 0.1) is 6.57 Å². The van der Waals surface area contributed by atoms with Gasteiger partial charge in [-0.25, -0.2) is 11.3 Å². The number of nitrogens with zero attached hydrogens (tertiary/aromatic N) is 8. The SMILES string of the molecule is [C-]#[N+][C@@H]1CCCN1C(=O)CN[C@H](C)CC1(c2nnnn2C)c2ccc(C(=O)N(C)C)cc2CCc2cc(C(=O)N(C)C)ccc21. The van der Waals surface area contributed by atoms with E-state index in [9.17, 15) is 14.4 Å². The number of benzene rings is 2. The molecule has 45 heavy (non-hydrogen) atoms. The number of aryl methyl sites for hydroxylation is 3. The predicted octanol–water partition coefficient (Wildman–Crippen LogP) is 2.28. The summed E-state index contributed by atoms with van der Waals surface area (Å²) >= 11 is 0. The number of aromatic nitrogens is 4. The number of fused-ring (bicyclic) bond motifs is 2. The van der Waals surface area contributed by atoms with Crippen molar-refractivity contribution in [1.82, 2.24) is 40.2 Å². The van der Waals surface area contributed by atoms with Gasteiger partial charge in [-0.1, -0.05) is 12.1 Å². The van der Waals surface area contributed by atoms with Crippen molar-refractivity contribution in [3.8, 4) is 0 Å². The Kier molecular flexibility index (Phi) is 9.02. The molecule has 0 radical (unpaired) electrons. The summed E-state index contributed by atoms with van der Waals surface area (Å²) in [4.78, 5) is 47.6. The topological polar surface area (TPSA) is 121 Å². The van der Waals surface area contributed by atoms with Crippen molar-refractivity contribution >= 4 is 17.7 Å². The van der Waals surface area contributed by atoms with Crippen molar-refractivity contribution in [2.45, 2.75) is 56.7 Å². The Balaban J connectivity index is 1.64. The average Bonchev–Trinajstić information content (AvgIpc) is 3.67. The van der Waals surface area contributed by atoms with Crippen molar-refractivity contribution in [2.75, 3.05) is 41.3 Å². The maximum Gasteiger partial charge on any atom is 0.300 e. The van der Waals surface area contributed by atoms with E-state index in [1.807, 2.05) is 50.4 Å². The van der Waals surface area contributed by atoms with Crippen LogP contribution in [0.15, 0.2) is 36.4 Å². The highest BCUT2D eigenvalue weighted by Crippen LogP contribution is 2.47. The quantitative estimate of drug-likeness (QED) is 0.388. The first-order valence-electron chi connectivity index (χ1n) is 15.3. The summed E-state index contributed by atoms with van der Waals surface area (Å²) in [6.07, 6.45) is 2.93. The van der Waals surface area contributed by atoms with Crippen LogP contribution in [0.25, 0.3) is 4.85 Å². The molecular weight excluding hydrogens is 570 g/mol. The van der Waals surface area contributed by atoms with Gasteiger partial charge in [-0.2, -0.15) is 0 Å². The van der Waals surface area contributed by atoms with Gasteiger partial charge in [0, 0.05) is 65.4 Å². The summed E-state index contributed by atoms with van der Waals surface area (Å²) in [5.74, 6) is 0.364. The number of rotatable bonds is 8. The molecule has 3 amide bonds. The van der Waals surface area contributed by atoms with E-state index in [-0.39, 0.29) is 30.3 Å². The number of amides is 3. The van der Waals surface area contributed by atoms with Crippen LogP contribution < -0.4 is 5.32 Å². The molecule has 1 saturated heterocycles. The molecule has 12 heteroatoms. The highest BCUT2D eigenvalue weighted by atomic mass is 16.2. The van der Waals surface area contributed by atoms with Crippen molar-refractivity contribution in [1.29, 1.82) is 0 Å². The van der Waals surface area contributed by atoms with Crippen LogP contribution in [0.3, 0.4) is 0 Å². The lowest BCUT2D eigenvalue weighted by atomic mass is 9.67. The number of hydrogen-bond acceptors (Lipinski definition) is 7. The molecule has 12 nitrogen and oxygen atoms in total. The van der Waals surface area contributed by atoms with E-state index in [0.717, 1.165) is 28.7 Å². The minimum absolute atomic E-state index is 0.0856. The number of likely N-dealkylation sites (tertiary alicyclic amines) is 1. The molecule has 0 unspecified atom stereocenters. The Morgan fingerprint density at radius 2 is 1.60 bits per heavy atom. The van der Waals surface area contributed by atoms with E-state index in [4.69, 9.17) is 6.57 Å². The fourth-order valence-corrected chi connectivity index (χ4v) is 6.84. The largest absolute Gasteiger partial charge is 0.345 e. The van der Waals surface area contributed by atoms with E-state index in [2.05, 4.69) is 25.7 Å². The minimum Gasteiger partial charge on any atom is -0.345 e. The van der Waals surface area contributed by atoms with Crippen LogP contribution in [-0.2, 0) is 30.1 Å². The molecule has 236 valence electrons. The van der Waals surface area contributed by atoms with Gasteiger partial charge in [0.1, 0.15) is 0 Å². The zero-order chi connectivity index (χ0) is 32.5. The molecule has 0 saturated carbocycles. The van der Waals surface area contributed by atoms with Crippen molar-refractivity contribution in [3.05, 3.63) is 87.0 Å². The smallest absolute Gasteiger partial charge is 0.300 e. The lowest BCUT2D eigenvalue weighted by Crippen LogP contribution is -2.45. The van der Waals surface area contributed by atoms with E-state index in [1.165, 1.54) is 0 Å². The zero-order valence-corrected chi connectivity index (χ0v) is 26.9. The normalized spacial score (nSPS) is 17.4. The summed E-state index contributed by atoms with van der Waals surface area (Å²) in [5, 5.41) is 16.3. The molecule has 0 spiro atoms. The Hall–Kier alpha value is -4.63. The molecule has 1 N–H and O–H groups in total. The Morgan fingerprint density at radius 1 is 1.02 bits per heavy atom. The van der Waals surface area contributed by atoms with Gasteiger partial charge in [0.2, 0.25) is 5.91 Å². The van der Waals surface area contributed by atoms with Crippen LogP contribution in [0.5, 0.6) is 0 Å². The van der Waals surface area contributed by atoms with Crippen LogP contribution >= 0.6 is 0 Å². The van der Waals surface area contributed by atoms with Crippen molar-refractivity contribution in [2.24, 2.45) is 7.05 Å². The third-order valence-corrected chi connectivity index (χ3v) is 9.01. The van der Waals surface area contributed by atoms with Gasteiger partial charge < -0.3 is 15.1 Å². The second-order valence-electron chi connectivity index (χ2n) is 12.5. The summed E-state index contributed by atoms with van der Waals surface area (Å²) in [7, 11) is 8.76. The number of carbonyl (C=O) groups excluding carboxylic acids is 3. The maximum atomic E-state index is 13.2. The molecule has 1 aliphatic heterocycles. The lowest BCUT2D eigenvalue weighted by Gasteiger charge is -2.37. The Morgan fingerprint density at radius 3 is 2.09 bits per heavy atom. The van der Waals surface area contributed by atoms with Crippen LogP contribution in [-0.4, -0.2) is 106 Å². The summed E-state index contributed by atoms with van der Waals surface area (Å²) in [6.45, 7) is 10.2. The first-order chi connectivity index (χ1) is 21.5. The second-order valence-corrected chi connectivity index (χ2v) is 12.5. The molecule has 1 aromatic heterocycles. The summed E-state index contributed by atoms with van der Waals surface area (Å²) in [5.41, 5.74) is 4.28. The molecule has 3 aromatic rings. The molecule has 1 aliphatic carbocycles. The van der Waals surface area contributed by atoms with Gasteiger partial charge in [0.05, 0.1) is 12.0 Å². The Bertz CT molecular complexity index is 1580. The van der Waals surface area contributed by atoms with Crippen LogP contribution in [0.4, 0.5) is 0 Å². The summed E-state index contributed by atoms with van der Waals surface area (Å²) in [6, 6.07) is 11.5. The first kappa shape index (κ1) is 31.8. The van der Waals surface area contributed by atoms with Gasteiger partial charge in [0.25, 0.3) is 11.8 Å². The first-order valence-corrected chi connectivity index (χ1v) is 15.3. The monoisotopic (exact) mass is 611 g/mol. The molecule has 0 bridgehead atoms. The fourth-order valence-electron chi connectivity index (χ4n) is 6.84. The second kappa shape index (κ2) is 12.8. The number of tetrazole rings is 1. The molecule has 5 rings (SSSR count). The third kappa shape index (κ3) is 5.92. The van der Waals surface area contributed by atoms with Gasteiger partial charge in [-0.05, 0) is 89.6 Å². The van der Waals surface area contributed by atoms with Crippen LogP contribution in [0.2, 0.25) is 0 Å². The number of hydrogen-bond donors (Lipinski definition) is 1. The fraction of sp³-hybridized carbons (Fsp3) is 0.485. The Labute approximate surface area is 264 Å². The molecule has 1 fully saturated rings. The standard InChI is InChI=1S/C33H41N9O3/c1-21(35-20-29(43)42-16-8-9-28(42)34-2)19-33(32-36-37-38-41(32)7)26-14-12-24(30(44)39(3)4)17-22(26)10-11-23-18-25(13-15-27(23)33)31(45)40(5)6/h12-15,17-18,21,28,35H,8-11,16,19-20H2,1,3-7H3/t21-,28+/m1/s1. The van der Waals surface area contributed by atoms with Crippen LogP contribution in [0.1, 0.15) is 75.0 Å². The van der Waals surface area contributed by atoms with Gasteiger partial charge in [0.15, 0.2) is 5.82 Å². The highest BCUT2D eigenvalue weighted by molar-refractivity contribution is 5.95. The molecule has 2 aromatic carbocycles. The third-order valence-electron chi connectivity index (χ3n) is 9.01. The van der Waals surface area contributed by atoms with Gasteiger partial charge in [-0.3, -0.25) is 24.1 Å². The summed E-state index contributed by atoms with van der Waals surface area (Å²) < 4.78 is 1.68. The van der Waals surface area contributed by atoms with Gasteiger partial charge in [-0.15, -0.1) is 5.10 Å². The van der Waals surface area contributed by atoms with E-state index < -0.39 is 11.6 Å².